The van der Waals surface area contributed by atoms with Gasteiger partial charge in [-0.3, -0.25) is 0 Å². The summed E-state index contributed by atoms with van der Waals surface area (Å²) in [6.07, 6.45) is 0. The molecule has 0 N–H and O–H groups in total. The second-order valence-corrected chi connectivity index (χ2v) is 8.77. The second kappa shape index (κ2) is 9.39. The van der Waals surface area contributed by atoms with Crippen LogP contribution in [0.1, 0.15) is 10.4 Å². The van der Waals surface area contributed by atoms with Crippen molar-refractivity contribution < 1.29 is 14.3 Å². The molecule has 0 aliphatic rings. The zero-order valence-corrected chi connectivity index (χ0v) is 17.5. The maximum atomic E-state index is 13.1. The Labute approximate surface area is 177 Å². The molecule has 0 saturated heterocycles. The highest BCUT2D eigenvalue weighted by Gasteiger charge is 2.23. The lowest BCUT2D eigenvalue weighted by atomic mass is 10.2. The Kier molecular flexibility index (Phi) is 6.22. The highest BCUT2D eigenvalue weighted by atomic mass is 31.1. The van der Waals surface area contributed by atoms with Gasteiger partial charge in [0.2, 0.25) is 0 Å². The molecule has 4 aromatic rings. The SMILES string of the molecule is COc1ccc(OC(=O)c2ccccc2P(c2ccccc2)c2ccccc2)cc1. The third-order valence-corrected chi connectivity index (χ3v) is 7.16. The van der Waals surface area contributed by atoms with Crippen LogP contribution in [0, 0.1) is 0 Å². The minimum absolute atomic E-state index is 0.366. The van der Waals surface area contributed by atoms with E-state index in [4.69, 9.17) is 9.47 Å². The first-order valence-electron chi connectivity index (χ1n) is 9.62. The van der Waals surface area contributed by atoms with Gasteiger partial charge in [-0.1, -0.05) is 78.9 Å². The van der Waals surface area contributed by atoms with Gasteiger partial charge in [-0.15, -0.1) is 0 Å². The fraction of sp³-hybridized carbons (Fsp3) is 0.0385. The fourth-order valence-electron chi connectivity index (χ4n) is 3.23. The van der Waals surface area contributed by atoms with Crippen LogP contribution in [0.3, 0.4) is 0 Å². The van der Waals surface area contributed by atoms with Gasteiger partial charge in [0.05, 0.1) is 12.7 Å². The number of hydrogen-bond donors (Lipinski definition) is 0. The molecule has 4 aromatic carbocycles. The van der Waals surface area contributed by atoms with Crippen LogP contribution in [0.5, 0.6) is 11.5 Å². The number of esters is 1. The lowest BCUT2D eigenvalue weighted by Crippen LogP contribution is -2.26. The minimum Gasteiger partial charge on any atom is -0.497 e. The number of ether oxygens (including phenoxy) is 2. The van der Waals surface area contributed by atoms with Gasteiger partial charge in [-0.2, -0.15) is 0 Å². The second-order valence-electron chi connectivity index (χ2n) is 6.59. The van der Waals surface area contributed by atoms with Crippen LogP contribution in [-0.2, 0) is 0 Å². The summed E-state index contributed by atoms with van der Waals surface area (Å²) in [5.74, 6) is 0.835. The predicted molar refractivity (Wildman–Crippen MR) is 123 cm³/mol. The first-order valence-corrected chi connectivity index (χ1v) is 11.0. The molecular formula is C26H21O3P. The predicted octanol–water partition coefficient (Wildman–Crippen LogP) is 4.67. The Bertz CT molecular complexity index is 1070. The van der Waals surface area contributed by atoms with E-state index in [9.17, 15) is 4.79 Å². The molecule has 4 rings (SSSR count). The Hall–Kier alpha value is -3.42. The van der Waals surface area contributed by atoms with Crippen molar-refractivity contribution in [1.82, 2.24) is 0 Å². The van der Waals surface area contributed by atoms with Crippen LogP contribution in [0.4, 0.5) is 0 Å². The highest BCUT2D eigenvalue weighted by Crippen LogP contribution is 2.34. The van der Waals surface area contributed by atoms with E-state index in [1.807, 2.05) is 60.7 Å². The van der Waals surface area contributed by atoms with Crippen molar-refractivity contribution >= 4 is 29.8 Å². The van der Waals surface area contributed by atoms with Crippen molar-refractivity contribution in [3.05, 3.63) is 115 Å². The number of carbonyl (C=O) groups is 1. The normalized spacial score (nSPS) is 10.6. The summed E-state index contributed by atoms with van der Waals surface area (Å²) in [5, 5.41) is 3.34. The zero-order chi connectivity index (χ0) is 20.8. The topological polar surface area (TPSA) is 35.5 Å². The summed E-state index contributed by atoms with van der Waals surface area (Å²) >= 11 is 0. The molecule has 3 nitrogen and oxygen atoms in total. The smallest absolute Gasteiger partial charge is 0.344 e. The van der Waals surface area contributed by atoms with Gasteiger partial charge in [-0.05, 0) is 54.2 Å². The number of methoxy groups -OCH3 is 1. The molecule has 0 aliphatic heterocycles. The van der Waals surface area contributed by atoms with Crippen molar-refractivity contribution in [3.8, 4) is 11.5 Å². The van der Waals surface area contributed by atoms with Crippen LogP contribution >= 0.6 is 7.92 Å². The Morgan fingerprint density at radius 3 is 1.70 bits per heavy atom. The minimum atomic E-state index is -0.902. The molecule has 0 amide bonds. The number of rotatable bonds is 6. The summed E-state index contributed by atoms with van der Waals surface area (Å²) in [7, 11) is 0.701. The van der Waals surface area contributed by atoms with Crippen LogP contribution in [0.25, 0.3) is 0 Å². The first kappa shape index (κ1) is 19.9. The molecule has 0 heterocycles. The van der Waals surface area contributed by atoms with Crippen molar-refractivity contribution in [1.29, 1.82) is 0 Å². The number of benzene rings is 4. The molecular weight excluding hydrogens is 391 g/mol. The van der Waals surface area contributed by atoms with E-state index in [2.05, 4.69) is 24.3 Å². The first-order chi connectivity index (χ1) is 14.8. The van der Waals surface area contributed by atoms with Crippen molar-refractivity contribution in [2.45, 2.75) is 0 Å². The standard InChI is InChI=1S/C26H21O3P/c1-28-20-16-18-21(19-17-20)29-26(27)24-14-8-9-15-25(24)30(22-10-4-2-5-11-22)23-12-6-3-7-13-23/h2-19H,1H3. The van der Waals surface area contributed by atoms with Gasteiger partial charge in [0.25, 0.3) is 0 Å². The summed E-state index contributed by atoms with van der Waals surface area (Å²) in [5.41, 5.74) is 0.576. The Morgan fingerprint density at radius 2 is 1.13 bits per heavy atom. The molecule has 0 radical (unpaired) electrons. The lowest BCUT2D eigenvalue weighted by molar-refractivity contribution is 0.0736. The summed E-state index contributed by atoms with van der Waals surface area (Å²) in [6, 6.07) is 35.3. The number of hydrogen-bond acceptors (Lipinski definition) is 3. The maximum absolute atomic E-state index is 13.1. The molecule has 0 aliphatic carbocycles. The molecule has 0 spiro atoms. The molecule has 0 bridgehead atoms. The molecule has 0 fully saturated rings. The van der Waals surface area contributed by atoms with E-state index in [0.717, 1.165) is 5.30 Å². The van der Waals surface area contributed by atoms with Gasteiger partial charge < -0.3 is 9.47 Å². The summed E-state index contributed by atoms with van der Waals surface area (Å²) in [4.78, 5) is 13.1. The zero-order valence-electron chi connectivity index (χ0n) is 16.6. The van der Waals surface area contributed by atoms with Gasteiger partial charge >= 0.3 is 5.97 Å². The summed E-state index contributed by atoms with van der Waals surface area (Å²) in [6.45, 7) is 0. The van der Waals surface area contributed by atoms with Crippen LogP contribution in [0.15, 0.2) is 109 Å². The lowest BCUT2D eigenvalue weighted by Gasteiger charge is -2.21. The highest BCUT2D eigenvalue weighted by molar-refractivity contribution is 7.80. The van der Waals surface area contributed by atoms with Crippen LogP contribution < -0.4 is 25.4 Å². The van der Waals surface area contributed by atoms with Crippen molar-refractivity contribution in [2.75, 3.05) is 7.11 Å². The fourth-order valence-corrected chi connectivity index (χ4v) is 5.67. The average Bonchev–Trinajstić information content (AvgIpc) is 2.81. The third-order valence-electron chi connectivity index (χ3n) is 4.66. The van der Waals surface area contributed by atoms with Crippen molar-refractivity contribution in [3.63, 3.8) is 0 Å². The summed E-state index contributed by atoms with van der Waals surface area (Å²) < 4.78 is 10.8. The van der Waals surface area contributed by atoms with E-state index in [1.165, 1.54) is 10.6 Å². The molecule has 0 atom stereocenters. The third kappa shape index (κ3) is 4.42. The quantitative estimate of drug-likeness (QED) is 0.262. The monoisotopic (exact) mass is 412 g/mol. The molecule has 148 valence electrons. The molecule has 0 aromatic heterocycles. The van der Waals surface area contributed by atoms with E-state index in [0.29, 0.717) is 17.1 Å². The largest absolute Gasteiger partial charge is 0.497 e. The Balaban J connectivity index is 1.73. The van der Waals surface area contributed by atoms with Gasteiger partial charge in [0, 0.05) is 0 Å². The molecule has 4 heteroatoms. The van der Waals surface area contributed by atoms with Gasteiger partial charge in [0.15, 0.2) is 0 Å². The average molecular weight is 412 g/mol. The Morgan fingerprint density at radius 1 is 0.633 bits per heavy atom. The van der Waals surface area contributed by atoms with E-state index >= 15 is 0 Å². The van der Waals surface area contributed by atoms with Crippen molar-refractivity contribution in [2.24, 2.45) is 0 Å². The molecule has 0 unspecified atom stereocenters. The number of carbonyl (C=O) groups excluding carboxylic acids is 1. The molecule has 0 saturated carbocycles. The van der Waals surface area contributed by atoms with Crippen LogP contribution in [-0.4, -0.2) is 13.1 Å². The molecule has 30 heavy (non-hydrogen) atoms. The van der Waals surface area contributed by atoms with Gasteiger partial charge in [0.1, 0.15) is 11.5 Å². The van der Waals surface area contributed by atoms with E-state index in [-0.39, 0.29) is 5.97 Å². The van der Waals surface area contributed by atoms with Crippen LogP contribution in [0.2, 0.25) is 0 Å². The van der Waals surface area contributed by atoms with E-state index < -0.39 is 7.92 Å². The van der Waals surface area contributed by atoms with Gasteiger partial charge in [-0.25, -0.2) is 4.79 Å². The maximum Gasteiger partial charge on any atom is 0.344 e. The van der Waals surface area contributed by atoms with E-state index in [1.54, 1.807) is 31.4 Å².